The molecule has 0 aliphatic heterocycles. The molecule has 3 nitrogen and oxygen atoms in total. The molecule has 0 saturated carbocycles. The van der Waals surface area contributed by atoms with Crippen molar-refractivity contribution in [1.29, 1.82) is 0 Å². The van der Waals surface area contributed by atoms with Crippen LogP contribution >= 0.6 is 0 Å². The molecule has 0 spiro atoms. The Morgan fingerprint density at radius 1 is 1.05 bits per heavy atom. The highest BCUT2D eigenvalue weighted by Crippen LogP contribution is 2.22. The molecular formula is C16H21N3. The Labute approximate surface area is 114 Å². The van der Waals surface area contributed by atoms with Gasteiger partial charge in [0, 0.05) is 17.9 Å². The Kier molecular flexibility index (Phi) is 3.56. The van der Waals surface area contributed by atoms with E-state index in [4.69, 9.17) is 5.73 Å². The van der Waals surface area contributed by atoms with Crippen molar-refractivity contribution in [2.45, 2.75) is 39.5 Å². The number of hydrogen-bond acceptors (Lipinski definition) is 3. The molecule has 19 heavy (non-hydrogen) atoms. The van der Waals surface area contributed by atoms with E-state index in [9.17, 15) is 0 Å². The molecule has 0 unspecified atom stereocenters. The van der Waals surface area contributed by atoms with Gasteiger partial charge in [-0.3, -0.25) is 0 Å². The number of anilines is 1. The molecule has 0 fully saturated rings. The van der Waals surface area contributed by atoms with Crippen molar-refractivity contribution in [2.24, 2.45) is 0 Å². The van der Waals surface area contributed by atoms with Gasteiger partial charge in [-0.05, 0) is 12.5 Å². The minimum Gasteiger partial charge on any atom is -0.384 e. The fourth-order valence-electron chi connectivity index (χ4n) is 1.87. The summed E-state index contributed by atoms with van der Waals surface area (Å²) in [6, 6.07) is 10.3. The third-order valence-electron chi connectivity index (χ3n) is 3.04. The zero-order valence-corrected chi connectivity index (χ0v) is 12.1. The highest BCUT2D eigenvalue weighted by atomic mass is 14.9. The van der Waals surface area contributed by atoms with Crippen LogP contribution in [0.2, 0.25) is 0 Å². The number of hydrogen-bond donors (Lipinski definition) is 1. The molecule has 0 radical (unpaired) electrons. The van der Waals surface area contributed by atoms with Crippen LogP contribution in [-0.4, -0.2) is 9.97 Å². The van der Waals surface area contributed by atoms with Crippen molar-refractivity contribution in [2.75, 3.05) is 5.73 Å². The Hall–Kier alpha value is -1.90. The van der Waals surface area contributed by atoms with Gasteiger partial charge in [-0.1, -0.05) is 50.6 Å². The summed E-state index contributed by atoms with van der Waals surface area (Å²) in [7, 11) is 0. The molecule has 0 bridgehead atoms. The van der Waals surface area contributed by atoms with Crippen molar-refractivity contribution >= 4 is 5.82 Å². The van der Waals surface area contributed by atoms with Crippen LogP contribution in [0.25, 0.3) is 0 Å². The van der Waals surface area contributed by atoms with Gasteiger partial charge < -0.3 is 5.73 Å². The van der Waals surface area contributed by atoms with Crippen LogP contribution in [-0.2, 0) is 11.8 Å². The molecule has 0 amide bonds. The highest BCUT2D eigenvalue weighted by molar-refractivity contribution is 5.34. The van der Waals surface area contributed by atoms with Crippen molar-refractivity contribution in [3.8, 4) is 0 Å². The Balaban J connectivity index is 2.30. The van der Waals surface area contributed by atoms with E-state index in [0.29, 0.717) is 12.2 Å². The molecule has 3 heteroatoms. The van der Waals surface area contributed by atoms with Gasteiger partial charge in [0.2, 0.25) is 0 Å². The summed E-state index contributed by atoms with van der Waals surface area (Å²) >= 11 is 0. The SMILES string of the molecule is Cc1ccc(Cc2nc(N)cc(C(C)(C)C)n2)cc1. The van der Waals surface area contributed by atoms with E-state index in [1.807, 2.05) is 6.07 Å². The summed E-state index contributed by atoms with van der Waals surface area (Å²) in [5, 5.41) is 0. The summed E-state index contributed by atoms with van der Waals surface area (Å²) in [6.07, 6.45) is 0.717. The molecule has 0 atom stereocenters. The average Bonchev–Trinajstić information content (AvgIpc) is 2.30. The zero-order valence-electron chi connectivity index (χ0n) is 12.1. The number of nitrogens with two attached hydrogens (primary N) is 1. The number of nitrogens with zero attached hydrogens (tertiary/aromatic N) is 2. The largest absolute Gasteiger partial charge is 0.384 e. The fourth-order valence-corrected chi connectivity index (χ4v) is 1.87. The maximum absolute atomic E-state index is 5.88. The summed E-state index contributed by atoms with van der Waals surface area (Å²) in [4.78, 5) is 8.96. The van der Waals surface area contributed by atoms with Gasteiger partial charge in [0.05, 0.1) is 5.69 Å². The van der Waals surface area contributed by atoms with E-state index in [-0.39, 0.29) is 5.41 Å². The molecule has 100 valence electrons. The monoisotopic (exact) mass is 255 g/mol. The van der Waals surface area contributed by atoms with Crippen LogP contribution in [0.4, 0.5) is 5.82 Å². The smallest absolute Gasteiger partial charge is 0.135 e. The van der Waals surface area contributed by atoms with Crippen LogP contribution in [0, 0.1) is 6.92 Å². The molecule has 2 N–H and O–H groups in total. The Bertz CT molecular complexity index is 566. The lowest BCUT2D eigenvalue weighted by atomic mass is 9.92. The standard InChI is InChI=1S/C16H21N3/c1-11-5-7-12(8-6-11)9-15-18-13(16(2,3)4)10-14(17)19-15/h5-8,10H,9H2,1-4H3,(H2,17,18,19). The first kappa shape index (κ1) is 13.5. The van der Waals surface area contributed by atoms with Gasteiger partial charge in [-0.2, -0.15) is 0 Å². The average molecular weight is 255 g/mol. The number of nitrogen functional groups attached to an aromatic ring is 1. The van der Waals surface area contributed by atoms with E-state index >= 15 is 0 Å². The maximum atomic E-state index is 5.88. The second-order valence-electron chi connectivity index (χ2n) is 6.01. The second kappa shape index (κ2) is 5.00. The zero-order chi connectivity index (χ0) is 14.0. The summed E-state index contributed by atoms with van der Waals surface area (Å²) in [5.41, 5.74) is 9.32. The first-order valence-corrected chi connectivity index (χ1v) is 6.54. The maximum Gasteiger partial charge on any atom is 0.135 e. The molecule has 2 aromatic rings. The van der Waals surface area contributed by atoms with Crippen LogP contribution in [0.5, 0.6) is 0 Å². The molecule has 1 heterocycles. The van der Waals surface area contributed by atoms with E-state index in [1.165, 1.54) is 11.1 Å². The molecule has 1 aromatic carbocycles. The summed E-state index contributed by atoms with van der Waals surface area (Å²) < 4.78 is 0. The van der Waals surface area contributed by atoms with Gasteiger partial charge >= 0.3 is 0 Å². The normalized spacial score (nSPS) is 11.6. The quantitative estimate of drug-likeness (QED) is 0.896. The number of aromatic nitrogens is 2. The minimum atomic E-state index is -0.0148. The molecule has 1 aromatic heterocycles. The number of aryl methyl sites for hydroxylation is 1. The van der Waals surface area contributed by atoms with Crippen LogP contribution in [0.1, 0.15) is 43.4 Å². The van der Waals surface area contributed by atoms with E-state index < -0.39 is 0 Å². The fraction of sp³-hybridized carbons (Fsp3) is 0.375. The molecular weight excluding hydrogens is 234 g/mol. The predicted octanol–water partition coefficient (Wildman–Crippen LogP) is 3.26. The highest BCUT2D eigenvalue weighted by Gasteiger charge is 2.17. The van der Waals surface area contributed by atoms with Crippen molar-refractivity contribution in [3.63, 3.8) is 0 Å². The molecule has 2 rings (SSSR count). The first-order chi connectivity index (χ1) is 8.84. The minimum absolute atomic E-state index is 0.0148. The van der Waals surface area contributed by atoms with Crippen molar-refractivity contribution in [3.05, 3.63) is 53.0 Å². The van der Waals surface area contributed by atoms with Gasteiger partial charge in [0.25, 0.3) is 0 Å². The lowest BCUT2D eigenvalue weighted by molar-refractivity contribution is 0.563. The van der Waals surface area contributed by atoms with Crippen molar-refractivity contribution < 1.29 is 0 Å². The second-order valence-corrected chi connectivity index (χ2v) is 6.01. The van der Waals surface area contributed by atoms with Gasteiger partial charge in [-0.15, -0.1) is 0 Å². The number of benzene rings is 1. The van der Waals surface area contributed by atoms with Crippen molar-refractivity contribution in [1.82, 2.24) is 9.97 Å². The molecule has 0 aliphatic rings. The van der Waals surface area contributed by atoms with Gasteiger partial charge in [0.15, 0.2) is 0 Å². The third kappa shape index (κ3) is 3.53. The molecule has 0 aliphatic carbocycles. The summed E-state index contributed by atoms with van der Waals surface area (Å²) in [6.45, 7) is 8.47. The van der Waals surface area contributed by atoms with Crippen LogP contribution in [0.3, 0.4) is 0 Å². The van der Waals surface area contributed by atoms with Gasteiger partial charge in [0.1, 0.15) is 11.6 Å². The van der Waals surface area contributed by atoms with E-state index in [2.05, 4.69) is 61.9 Å². The van der Waals surface area contributed by atoms with Crippen LogP contribution in [0.15, 0.2) is 30.3 Å². The Morgan fingerprint density at radius 2 is 1.68 bits per heavy atom. The summed E-state index contributed by atoms with van der Waals surface area (Å²) in [5.74, 6) is 1.33. The third-order valence-corrected chi connectivity index (χ3v) is 3.04. The Morgan fingerprint density at radius 3 is 2.26 bits per heavy atom. The molecule has 0 saturated heterocycles. The predicted molar refractivity (Wildman–Crippen MR) is 79.1 cm³/mol. The number of rotatable bonds is 2. The van der Waals surface area contributed by atoms with E-state index in [0.717, 1.165) is 11.5 Å². The van der Waals surface area contributed by atoms with E-state index in [1.54, 1.807) is 0 Å². The lowest BCUT2D eigenvalue weighted by Gasteiger charge is -2.18. The first-order valence-electron chi connectivity index (χ1n) is 6.54. The van der Waals surface area contributed by atoms with Crippen LogP contribution < -0.4 is 5.73 Å². The lowest BCUT2D eigenvalue weighted by Crippen LogP contribution is -2.16. The van der Waals surface area contributed by atoms with Gasteiger partial charge in [-0.25, -0.2) is 9.97 Å². The topological polar surface area (TPSA) is 51.8 Å².